The highest BCUT2D eigenvalue weighted by atomic mass is 35.5. The van der Waals surface area contributed by atoms with Gasteiger partial charge in [-0.05, 0) is 187 Å². The van der Waals surface area contributed by atoms with Crippen LogP contribution in [0.3, 0.4) is 0 Å². The van der Waals surface area contributed by atoms with Gasteiger partial charge in [0.25, 0.3) is 0 Å². The van der Waals surface area contributed by atoms with Crippen LogP contribution >= 0.6 is 81.7 Å². The maximum Gasteiger partial charge on any atom is 0.189 e. The topological polar surface area (TPSA) is 138 Å². The maximum absolute atomic E-state index is 15.1. The SMILES string of the molecule is CC(=O)[C@@H]1COc2c(F)ccc(F)c2[C@H]1Sc1ccc(Cl)cc1.CC1(C)OCC[C@@]2(S(=O)(=O)c3ccc(Cl)cc3)c3c(F)ccc(F)c3OC[C@@H]12.C[C@@H](O)[C@@H]1COc2c(F)ccc(F)c2[C@H]1Sc1ccc(Cl)cc1.C[C@H](O)[C@@H]1COc2c(F)ccc(F)c2[C@H]1Sc1ccc(Cl)cc1. The van der Waals surface area contributed by atoms with Gasteiger partial charge in [0, 0.05) is 86.3 Å². The lowest BCUT2D eigenvalue weighted by Crippen LogP contribution is -2.61. The summed E-state index contributed by atoms with van der Waals surface area (Å²) >= 11 is 27.6. The van der Waals surface area contributed by atoms with Gasteiger partial charge in [0.1, 0.15) is 33.8 Å². The molecule has 97 heavy (non-hydrogen) atoms. The van der Waals surface area contributed by atoms with E-state index in [0.717, 1.165) is 63.2 Å². The quantitative estimate of drug-likeness (QED) is 0.119. The second-order valence-electron chi connectivity index (χ2n) is 23.9. The monoisotopic (exact) mass is 1490 g/mol. The lowest BCUT2D eigenvalue weighted by molar-refractivity contribution is -0.130. The maximum atomic E-state index is 15.1. The molecule has 0 unspecified atom stereocenters. The number of aliphatic hydroxyl groups is 2. The number of Topliss-reactive ketones (excluding diaryl/α,β-unsaturated/α-hetero) is 1. The molecule has 8 aromatic carbocycles. The number of hydrogen-bond donors (Lipinski definition) is 2. The number of sulfone groups is 1. The van der Waals surface area contributed by atoms with Crippen LogP contribution in [-0.4, -0.2) is 75.3 Å². The summed E-state index contributed by atoms with van der Waals surface area (Å²) < 4.78 is 168. The molecule has 0 radical (unpaired) electrons. The van der Waals surface area contributed by atoms with Crippen molar-refractivity contribution in [3.63, 3.8) is 0 Å². The minimum Gasteiger partial charge on any atom is -0.490 e. The smallest absolute Gasteiger partial charge is 0.189 e. The Morgan fingerprint density at radius 1 is 0.474 bits per heavy atom. The number of ether oxygens (including phenoxy) is 5. The molecule has 0 aliphatic carbocycles. The van der Waals surface area contributed by atoms with Crippen molar-refractivity contribution in [1.82, 2.24) is 0 Å². The third kappa shape index (κ3) is 15.7. The standard InChI is InChI=1S/C20H19ClF2O4S.2C17H15ClF2O2S.C17H13ClF2O2S/c1-19(2)16-11-26-18-15(23)8-7-14(22)17(18)20(16,9-10-27-19)28(24,25)13-5-3-12(21)4-6-13;3*1-9(21)12-8-22-16-14(20)7-6-13(19)15(16)17(12)23-11-4-2-10(18)3-5-11/h3-8,16H,9-11H2,1-2H3;2*2-7,9,12,17,21H,8H2,1H3;2-7,12,17H,8H2,1H3/t16-,20-;9-,12+,17+;9-,12-,17-;12-,17-/m0100/s1. The van der Waals surface area contributed by atoms with E-state index in [9.17, 15) is 54.2 Å². The molecule has 26 heteroatoms. The van der Waals surface area contributed by atoms with E-state index in [0.29, 0.717) is 20.1 Å². The first kappa shape index (κ1) is 73.8. The van der Waals surface area contributed by atoms with Crippen molar-refractivity contribution in [3.05, 3.63) is 234 Å². The molecule has 5 aliphatic heterocycles. The molecule has 2 N–H and O–H groups in total. The number of thioether (sulfide) groups is 3. The van der Waals surface area contributed by atoms with E-state index in [1.165, 1.54) is 66.5 Å². The summed E-state index contributed by atoms with van der Waals surface area (Å²) in [5.74, 6) is -7.69. The predicted molar refractivity (Wildman–Crippen MR) is 361 cm³/mol. The summed E-state index contributed by atoms with van der Waals surface area (Å²) in [4.78, 5) is 14.5. The Bertz CT molecular complexity index is 4160. The molecule has 10 nitrogen and oxygen atoms in total. The summed E-state index contributed by atoms with van der Waals surface area (Å²) in [6.07, 6.45) is -1.44. The van der Waals surface area contributed by atoms with Gasteiger partial charge >= 0.3 is 0 Å². The molecule has 10 atom stereocenters. The number of carbonyl (C=O) groups excluding carboxylic acids is 1. The molecule has 13 rings (SSSR count). The Balaban J connectivity index is 0.000000141. The number of carbonyl (C=O) groups is 1. The molecule has 0 aromatic heterocycles. The van der Waals surface area contributed by atoms with Crippen LogP contribution in [0.1, 0.15) is 79.0 Å². The van der Waals surface area contributed by atoms with Crippen molar-refractivity contribution in [2.75, 3.05) is 33.0 Å². The van der Waals surface area contributed by atoms with Crippen LogP contribution in [-0.2, 0) is 24.1 Å². The third-order valence-corrected chi connectivity index (χ3v) is 25.0. The van der Waals surface area contributed by atoms with Gasteiger partial charge in [-0.3, -0.25) is 4.79 Å². The minimum atomic E-state index is -4.15. The summed E-state index contributed by atoms with van der Waals surface area (Å²) in [6.45, 7) is 8.48. The lowest BCUT2D eigenvalue weighted by Gasteiger charge is -2.53. The average Bonchev–Trinajstić information content (AvgIpc) is 0.691. The van der Waals surface area contributed by atoms with Gasteiger partial charge in [-0.25, -0.2) is 43.5 Å². The Labute approximate surface area is 588 Å². The molecule has 0 bridgehead atoms. The minimum absolute atomic E-state index is 0.00360. The Morgan fingerprint density at radius 3 is 1.20 bits per heavy atom. The van der Waals surface area contributed by atoms with Gasteiger partial charge in [0.15, 0.2) is 56.1 Å². The number of benzene rings is 8. The Morgan fingerprint density at radius 2 is 0.804 bits per heavy atom. The Kier molecular flexibility index (Phi) is 23.5. The summed E-state index contributed by atoms with van der Waals surface area (Å²) in [7, 11) is -4.15. The number of aliphatic hydroxyl groups excluding tert-OH is 2. The fourth-order valence-electron chi connectivity index (χ4n) is 12.3. The van der Waals surface area contributed by atoms with Gasteiger partial charge in [-0.2, -0.15) is 0 Å². The second kappa shape index (κ2) is 30.9. The van der Waals surface area contributed by atoms with Crippen LogP contribution in [0.5, 0.6) is 23.0 Å². The van der Waals surface area contributed by atoms with Crippen molar-refractivity contribution < 1.29 is 82.2 Å². The van der Waals surface area contributed by atoms with Crippen LogP contribution in [0.4, 0.5) is 35.1 Å². The van der Waals surface area contributed by atoms with E-state index < -0.39 is 107 Å². The van der Waals surface area contributed by atoms with Gasteiger partial charge < -0.3 is 33.9 Å². The predicted octanol–water partition coefficient (Wildman–Crippen LogP) is 19.2. The average molecular weight is 1500 g/mol. The van der Waals surface area contributed by atoms with Crippen molar-refractivity contribution >= 4 is 97.3 Å². The fourth-order valence-corrected chi connectivity index (χ4v) is 19.4. The summed E-state index contributed by atoms with van der Waals surface area (Å²) in [5, 5.41) is 20.8. The molecule has 1 fully saturated rings. The van der Waals surface area contributed by atoms with E-state index >= 15 is 4.39 Å². The molecule has 0 spiro atoms. The molecule has 0 saturated carbocycles. The van der Waals surface area contributed by atoms with Crippen molar-refractivity contribution in [1.29, 1.82) is 0 Å². The zero-order chi connectivity index (χ0) is 70.0. The number of fused-ring (bicyclic) bond motifs is 6. The number of halogens is 12. The van der Waals surface area contributed by atoms with Crippen molar-refractivity contribution in [3.8, 4) is 23.0 Å². The lowest BCUT2D eigenvalue weighted by atomic mass is 9.71. The number of rotatable bonds is 11. The molecule has 5 aliphatic rings. The first-order valence-electron chi connectivity index (χ1n) is 30.2. The van der Waals surface area contributed by atoms with Crippen LogP contribution in [0, 0.1) is 70.2 Å². The van der Waals surface area contributed by atoms with Crippen molar-refractivity contribution in [2.45, 2.75) is 98.9 Å². The van der Waals surface area contributed by atoms with Gasteiger partial charge in [-0.15, -0.1) is 35.3 Å². The van der Waals surface area contributed by atoms with Crippen LogP contribution in [0.25, 0.3) is 0 Å². The Hall–Kier alpha value is -5.89. The van der Waals surface area contributed by atoms with Crippen LogP contribution in [0.2, 0.25) is 20.1 Å². The normalized spacial score (nSPS) is 22.4. The van der Waals surface area contributed by atoms with Crippen molar-refractivity contribution in [2.24, 2.45) is 23.7 Å². The van der Waals surface area contributed by atoms with Crippen LogP contribution < -0.4 is 18.9 Å². The van der Waals surface area contributed by atoms with E-state index in [2.05, 4.69) is 0 Å². The van der Waals surface area contributed by atoms with E-state index in [1.807, 2.05) is 24.3 Å². The fraction of sp³-hybridized carbons (Fsp3) is 0.310. The number of hydrogen-bond acceptors (Lipinski definition) is 13. The summed E-state index contributed by atoms with van der Waals surface area (Å²) in [5.41, 5.74) is -0.732. The van der Waals surface area contributed by atoms with E-state index in [1.54, 1.807) is 76.2 Å². The first-order chi connectivity index (χ1) is 46.0. The van der Waals surface area contributed by atoms with Gasteiger partial charge in [0.2, 0.25) is 0 Å². The highest BCUT2D eigenvalue weighted by molar-refractivity contribution is 8.00. The molecule has 0 amide bonds. The highest BCUT2D eigenvalue weighted by Crippen LogP contribution is 2.59. The van der Waals surface area contributed by atoms with E-state index in [-0.39, 0.29) is 107 Å². The van der Waals surface area contributed by atoms with E-state index in [4.69, 9.17) is 70.1 Å². The zero-order valence-electron chi connectivity index (χ0n) is 52.1. The molecular weight excluding hydrogens is 1430 g/mol. The van der Waals surface area contributed by atoms with Gasteiger partial charge in [0.05, 0.1) is 65.9 Å². The molecular formula is C71H62Cl4F8O10S4. The third-order valence-electron chi connectivity index (χ3n) is 17.3. The largest absolute Gasteiger partial charge is 0.490 e. The molecule has 8 aromatic rings. The highest BCUT2D eigenvalue weighted by Gasteiger charge is 2.64. The second-order valence-corrected chi connectivity index (χ2v) is 31.5. The number of ketones is 1. The molecule has 1 saturated heterocycles. The molecule has 514 valence electrons. The summed E-state index contributed by atoms with van der Waals surface area (Å²) in [6, 6.07) is 35.2. The first-order valence-corrected chi connectivity index (χ1v) is 35.9. The van der Waals surface area contributed by atoms with Gasteiger partial charge in [-0.1, -0.05) is 46.4 Å². The molecule has 5 heterocycles. The zero-order valence-corrected chi connectivity index (χ0v) is 58.4. The van der Waals surface area contributed by atoms with Crippen LogP contribution in [0.15, 0.2) is 165 Å².